The van der Waals surface area contributed by atoms with Gasteiger partial charge in [-0.2, -0.15) is 0 Å². The van der Waals surface area contributed by atoms with E-state index >= 15 is 0 Å². The fraction of sp³-hybridized carbons (Fsp3) is 0.571. The van der Waals surface area contributed by atoms with E-state index in [1.54, 1.807) is 12.1 Å². The average Bonchev–Trinajstić information content (AvgIpc) is 2.16. The van der Waals surface area contributed by atoms with Crippen molar-refractivity contribution in [3.05, 3.63) is 23.8 Å². The summed E-state index contributed by atoms with van der Waals surface area (Å²) in [6, 6.07) is 4.83. The Bertz CT molecular complexity index is 300. The van der Waals surface area contributed by atoms with Gasteiger partial charge in [-0.3, -0.25) is 0 Å². The van der Waals surface area contributed by atoms with Crippen molar-refractivity contribution in [3.8, 4) is 11.5 Å². The highest BCUT2D eigenvalue weighted by molar-refractivity contribution is 5.36. The second-order valence-electron chi connectivity index (χ2n) is 4.66. The SMILES string of the molecule is CCCCCC(C)Cc1cc(O)cc(O)c1. The number of aromatic hydroxyl groups is 2. The van der Waals surface area contributed by atoms with E-state index < -0.39 is 0 Å². The predicted molar refractivity (Wildman–Crippen MR) is 66.8 cm³/mol. The molecule has 16 heavy (non-hydrogen) atoms. The number of unbranched alkanes of at least 4 members (excludes halogenated alkanes) is 2. The zero-order valence-corrected chi connectivity index (χ0v) is 10.2. The van der Waals surface area contributed by atoms with Gasteiger partial charge in [-0.05, 0) is 30.0 Å². The molecule has 0 saturated heterocycles. The summed E-state index contributed by atoms with van der Waals surface area (Å²) < 4.78 is 0. The summed E-state index contributed by atoms with van der Waals surface area (Å²) in [6.45, 7) is 4.43. The molecule has 1 aromatic carbocycles. The van der Waals surface area contributed by atoms with Crippen molar-refractivity contribution in [3.63, 3.8) is 0 Å². The zero-order valence-electron chi connectivity index (χ0n) is 10.2. The maximum Gasteiger partial charge on any atom is 0.119 e. The summed E-state index contributed by atoms with van der Waals surface area (Å²) in [5.41, 5.74) is 1.02. The fourth-order valence-corrected chi connectivity index (χ4v) is 2.02. The molecule has 0 saturated carbocycles. The molecule has 0 aliphatic carbocycles. The van der Waals surface area contributed by atoms with Gasteiger partial charge in [0, 0.05) is 6.07 Å². The molecule has 0 spiro atoms. The van der Waals surface area contributed by atoms with Crippen molar-refractivity contribution in [2.45, 2.75) is 46.0 Å². The lowest BCUT2D eigenvalue weighted by Crippen LogP contribution is -1.99. The monoisotopic (exact) mass is 222 g/mol. The lowest BCUT2D eigenvalue weighted by atomic mass is 9.95. The van der Waals surface area contributed by atoms with Gasteiger partial charge in [-0.15, -0.1) is 0 Å². The molecule has 0 aliphatic rings. The van der Waals surface area contributed by atoms with E-state index in [1.807, 2.05) is 0 Å². The molecule has 2 N–H and O–H groups in total. The minimum absolute atomic E-state index is 0.149. The molecule has 1 aromatic rings. The first kappa shape index (κ1) is 12.9. The van der Waals surface area contributed by atoms with Gasteiger partial charge < -0.3 is 10.2 Å². The number of phenols is 2. The maximum atomic E-state index is 9.36. The number of rotatable bonds is 6. The quantitative estimate of drug-likeness (QED) is 0.717. The summed E-state index contributed by atoms with van der Waals surface area (Å²) in [6.07, 6.45) is 5.94. The third kappa shape index (κ3) is 4.56. The van der Waals surface area contributed by atoms with Crippen LogP contribution in [-0.2, 0) is 6.42 Å². The van der Waals surface area contributed by atoms with Gasteiger partial charge in [0.05, 0.1) is 0 Å². The van der Waals surface area contributed by atoms with Crippen LogP contribution in [0.25, 0.3) is 0 Å². The summed E-state index contributed by atoms with van der Waals surface area (Å²) in [4.78, 5) is 0. The Kier molecular flexibility index (Phi) is 5.17. The molecule has 1 rings (SSSR count). The first-order valence-corrected chi connectivity index (χ1v) is 6.13. The average molecular weight is 222 g/mol. The van der Waals surface area contributed by atoms with Crippen LogP contribution >= 0.6 is 0 Å². The predicted octanol–water partition coefficient (Wildman–Crippen LogP) is 3.86. The number of phenolic OH excluding ortho intramolecular Hbond substituents is 2. The Balaban J connectivity index is 2.45. The molecule has 0 bridgehead atoms. The molecule has 90 valence electrons. The second-order valence-corrected chi connectivity index (χ2v) is 4.66. The Morgan fingerprint density at radius 1 is 1.06 bits per heavy atom. The van der Waals surface area contributed by atoms with Crippen LogP contribution in [0.3, 0.4) is 0 Å². The topological polar surface area (TPSA) is 40.5 Å². The van der Waals surface area contributed by atoms with E-state index in [0.717, 1.165) is 12.0 Å². The summed E-state index contributed by atoms with van der Waals surface area (Å²) in [7, 11) is 0. The van der Waals surface area contributed by atoms with Crippen LogP contribution in [-0.4, -0.2) is 10.2 Å². The van der Waals surface area contributed by atoms with Crippen molar-refractivity contribution in [1.29, 1.82) is 0 Å². The first-order valence-electron chi connectivity index (χ1n) is 6.13. The van der Waals surface area contributed by atoms with Gasteiger partial charge in [-0.1, -0.05) is 39.5 Å². The van der Waals surface area contributed by atoms with Crippen LogP contribution in [0.15, 0.2) is 18.2 Å². The van der Waals surface area contributed by atoms with Gasteiger partial charge in [-0.25, -0.2) is 0 Å². The third-order valence-electron chi connectivity index (χ3n) is 2.85. The lowest BCUT2D eigenvalue weighted by molar-refractivity contribution is 0.445. The van der Waals surface area contributed by atoms with Gasteiger partial charge in [0.15, 0.2) is 0 Å². The summed E-state index contributed by atoms with van der Waals surface area (Å²) in [5, 5.41) is 18.7. The van der Waals surface area contributed by atoms with Crippen molar-refractivity contribution >= 4 is 0 Å². The zero-order chi connectivity index (χ0) is 12.0. The minimum atomic E-state index is 0.149. The highest BCUT2D eigenvalue weighted by atomic mass is 16.3. The van der Waals surface area contributed by atoms with Crippen LogP contribution in [0.2, 0.25) is 0 Å². The van der Waals surface area contributed by atoms with Crippen LogP contribution in [0.1, 0.15) is 45.1 Å². The van der Waals surface area contributed by atoms with Crippen LogP contribution in [0, 0.1) is 5.92 Å². The van der Waals surface area contributed by atoms with Crippen LogP contribution in [0.4, 0.5) is 0 Å². The lowest BCUT2D eigenvalue weighted by Gasteiger charge is -2.11. The molecule has 2 heteroatoms. The fourth-order valence-electron chi connectivity index (χ4n) is 2.02. The molecule has 2 nitrogen and oxygen atoms in total. The highest BCUT2D eigenvalue weighted by Gasteiger charge is 2.05. The molecule has 1 unspecified atom stereocenters. The normalized spacial score (nSPS) is 12.6. The largest absolute Gasteiger partial charge is 0.508 e. The first-order chi connectivity index (χ1) is 7.61. The standard InChI is InChI=1S/C14H22O2/c1-3-4-5-6-11(2)7-12-8-13(15)10-14(16)9-12/h8-11,15-16H,3-7H2,1-2H3. The van der Waals surface area contributed by atoms with Crippen molar-refractivity contribution in [2.24, 2.45) is 5.92 Å². The number of benzene rings is 1. The number of hydrogen-bond acceptors (Lipinski definition) is 2. The maximum absolute atomic E-state index is 9.36. The molecular weight excluding hydrogens is 200 g/mol. The molecule has 0 aliphatic heterocycles. The van der Waals surface area contributed by atoms with Crippen molar-refractivity contribution in [2.75, 3.05) is 0 Å². The molecule has 0 amide bonds. The second kappa shape index (κ2) is 6.41. The Hall–Kier alpha value is -1.18. The number of hydrogen-bond donors (Lipinski definition) is 2. The van der Waals surface area contributed by atoms with Gasteiger partial charge in [0.1, 0.15) is 11.5 Å². The summed E-state index contributed by atoms with van der Waals surface area (Å²) >= 11 is 0. The van der Waals surface area contributed by atoms with Crippen LogP contribution in [0.5, 0.6) is 11.5 Å². The highest BCUT2D eigenvalue weighted by Crippen LogP contribution is 2.23. The molecule has 0 radical (unpaired) electrons. The van der Waals surface area contributed by atoms with E-state index in [2.05, 4.69) is 13.8 Å². The summed E-state index contributed by atoms with van der Waals surface area (Å²) in [5.74, 6) is 0.902. The molecule has 1 atom stereocenters. The molecule has 0 heterocycles. The van der Waals surface area contributed by atoms with E-state index in [4.69, 9.17) is 0 Å². The van der Waals surface area contributed by atoms with Crippen molar-refractivity contribution < 1.29 is 10.2 Å². The van der Waals surface area contributed by atoms with E-state index in [-0.39, 0.29) is 11.5 Å². The van der Waals surface area contributed by atoms with Gasteiger partial charge in [0.25, 0.3) is 0 Å². The molecular formula is C14H22O2. The van der Waals surface area contributed by atoms with E-state index in [1.165, 1.54) is 31.7 Å². The Morgan fingerprint density at radius 2 is 1.69 bits per heavy atom. The molecule has 0 aromatic heterocycles. The van der Waals surface area contributed by atoms with E-state index in [9.17, 15) is 10.2 Å². The Labute approximate surface area is 97.9 Å². The van der Waals surface area contributed by atoms with Gasteiger partial charge in [0.2, 0.25) is 0 Å². The molecule has 0 fully saturated rings. The minimum Gasteiger partial charge on any atom is -0.508 e. The van der Waals surface area contributed by atoms with Crippen LogP contribution < -0.4 is 0 Å². The van der Waals surface area contributed by atoms with Gasteiger partial charge >= 0.3 is 0 Å². The third-order valence-corrected chi connectivity index (χ3v) is 2.85. The smallest absolute Gasteiger partial charge is 0.119 e. The van der Waals surface area contributed by atoms with E-state index in [0.29, 0.717) is 5.92 Å². The van der Waals surface area contributed by atoms with Crippen molar-refractivity contribution in [1.82, 2.24) is 0 Å². The Morgan fingerprint density at radius 3 is 2.25 bits per heavy atom.